The number of guanidine groups is 1. The van der Waals surface area contributed by atoms with E-state index < -0.39 is 36.5 Å². The van der Waals surface area contributed by atoms with E-state index in [1.807, 2.05) is 24.3 Å². The molecule has 2 rings (SSSR count). The standard InChI is InChI=1S/C20H29N7O5/c1-31-19(30)15(7-4-8-24-20(21)22)27-18(29)16(26-17(28)11-32-23)9-12-10-25-14-6-3-2-5-13(12)14/h2-3,5-6,10,15-16,25H,4,7-9,11,23H2,1H3,(H,26,28)(H,27,29)(H4,21,22,24)/t15-,16-/m0/s1. The second-order valence-electron chi connectivity index (χ2n) is 7.06. The Morgan fingerprint density at radius 3 is 2.62 bits per heavy atom. The normalized spacial score (nSPS) is 12.6. The second-order valence-corrected chi connectivity index (χ2v) is 7.06. The maximum absolute atomic E-state index is 13.0. The molecule has 0 bridgehead atoms. The van der Waals surface area contributed by atoms with Crippen molar-refractivity contribution in [2.24, 2.45) is 11.6 Å². The Balaban J connectivity index is 2.14. The fraction of sp³-hybridized carbons (Fsp3) is 0.400. The molecule has 0 saturated heterocycles. The first-order chi connectivity index (χ1) is 15.3. The van der Waals surface area contributed by atoms with Gasteiger partial charge in [0.05, 0.1) is 7.11 Å². The number of methoxy groups -OCH3 is 1. The summed E-state index contributed by atoms with van der Waals surface area (Å²) < 4.78 is 4.78. The van der Waals surface area contributed by atoms with E-state index >= 15 is 0 Å². The molecule has 0 spiro atoms. The first kappa shape index (κ1) is 24.6. The number of rotatable bonds is 12. The zero-order chi connectivity index (χ0) is 23.5. The molecule has 174 valence electrons. The maximum Gasteiger partial charge on any atom is 0.328 e. The monoisotopic (exact) mass is 447 g/mol. The fourth-order valence-electron chi connectivity index (χ4n) is 3.23. The number of H-pyrrole nitrogens is 1. The van der Waals surface area contributed by atoms with Gasteiger partial charge >= 0.3 is 5.97 Å². The van der Waals surface area contributed by atoms with Crippen LogP contribution >= 0.6 is 0 Å². The summed E-state index contributed by atoms with van der Waals surface area (Å²) in [5.41, 5.74) is 6.95. The number of esters is 1. The van der Waals surface area contributed by atoms with Gasteiger partial charge in [-0.1, -0.05) is 18.2 Å². The van der Waals surface area contributed by atoms with E-state index in [0.29, 0.717) is 13.0 Å². The molecule has 0 aliphatic carbocycles. The number of hydrogen-bond donors (Lipinski definition) is 7. The van der Waals surface area contributed by atoms with Crippen LogP contribution in [0.1, 0.15) is 18.4 Å². The van der Waals surface area contributed by atoms with Crippen molar-refractivity contribution in [1.82, 2.24) is 20.9 Å². The number of amides is 2. The zero-order valence-corrected chi connectivity index (χ0v) is 17.8. The molecule has 1 aromatic carbocycles. The Morgan fingerprint density at radius 1 is 1.19 bits per heavy atom. The summed E-state index contributed by atoms with van der Waals surface area (Å²) in [5, 5.41) is 15.9. The van der Waals surface area contributed by atoms with Crippen molar-refractivity contribution in [1.29, 1.82) is 5.41 Å². The minimum atomic E-state index is -0.987. The molecule has 2 aromatic rings. The third kappa shape index (κ3) is 7.25. The highest BCUT2D eigenvalue weighted by Crippen LogP contribution is 2.19. The van der Waals surface area contributed by atoms with Crippen molar-refractivity contribution < 1.29 is 24.0 Å². The van der Waals surface area contributed by atoms with E-state index in [-0.39, 0.29) is 18.8 Å². The molecular weight excluding hydrogens is 418 g/mol. The van der Waals surface area contributed by atoms with Crippen LogP contribution in [0.3, 0.4) is 0 Å². The first-order valence-corrected chi connectivity index (χ1v) is 9.97. The molecule has 0 aliphatic rings. The predicted octanol–water partition coefficient (Wildman–Crippen LogP) is -0.993. The number of aromatic amines is 1. The number of fused-ring (bicyclic) bond motifs is 1. The van der Waals surface area contributed by atoms with Gasteiger partial charge in [-0.15, -0.1) is 0 Å². The van der Waals surface area contributed by atoms with Crippen molar-refractivity contribution in [3.8, 4) is 0 Å². The topological polar surface area (TPSA) is 197 Å². The average Bonchev–Trinajstić information content (AvgIpc) is 3.17. The molecule has 0 unspecified atom stereocenters. The molecule has 0 saturated carbocycles. The minimum Gasteiger partial charge on any atom is -0.467 e. The average molecular weight is 447 g/mol. The highest BCUT2D eigenvalue weighted by atomic mass is 16.6. The van der Waals surface area contributed by atoms with Crippen LogP contribution in [0.25, 0.3) is 10.9 Å². The highest BCUT2D eigenvalue weighted by molar-refractivity contribution is 5.92. The lowest BCUT2D eigenvalue weighted by molar-refractivity contribution is -0.145. The molecular formula is C20H29N7O5. The van der Waals surface area contributed by atoms with Gasteiger partial charge in [-0.2, -0.15) is 0 Å². The van der Waals surface area contributed by atoms with Crippen molar-refractivity contribution in [3.63, 3.8) is 0 Å². The molecule has 9 N–H and O–H groups in total. The lowest BCUT2D eigenvalue weighted by atomic mass is 10.0. The van der Waals surface area contributed by atoms with Crippen molar-refractivity contribution in [2.75, 3.05) is 20.3 Å². The van der Waals surface area contributed by atoms with Crippen molar-refractivity contribution in [2.45, 2.75) is 31.3 Å². The van der Waals surface area contributed by atoms with Crippen LogP contribution in [0.2, 0.25) is 0 Å². The van der Waals surface area contributed by atoms with Crippen molar-refractivity contribution >= 4 is 34.6 Å². The first-order valence-electron chi connectivity index (χ1n) is 9.97. The number of aromatic nitrogens is 1. The SMILES string of the molecule is COC(=O)[C@H](CCCNC(=N)N)NC(=O)[C@H](Cc1c[nH]c2ccccc12)NC(=O)CON. The largest absolute Gasteiger partial charge is 0.467 e. The predicted molar refractivity (Wildman–Crippen MR) is 117 cm³/mol. The Kier molecular flexibility index (Phi) is 9.44. The van der Waals surface area contributed by atoms with E-state index in [2.05, 4.69) is 25.8 Å². The van der Waals surface area contributed by atoms with E-state index in [4.69, 9.17) is 21.8 Å². The number of hydrogen-bond acceptors (Lipinski definition) is 7. The van der Waals surface area contributed by atoms with Gasteiger partial charge in [0.25, 0.3) is 0 Å². The molecule has 2 atom stereocenters. The summed E-state index contributed by atoms with van der Waals surface area (Å²) in [6, 6.07) is 5.64. The van der Waals surface area contributed by atoms with Gasteiger partial charge in [-0.3, -0.25) is 19.8 Å². The minimum absolute atomic E-state index is 0.173. The van der Waals surface area contributed by atoms with Crippen LogP contribution in [0.15, 0.2) is 30.5 Å². The van der Waals surface area contributed by atoms with Gasteiger partial charge < -0.3 is 31.4 Å². The molecule has 0 radical (unpaired) electrons. The molecule has 12 heteroatoms. The van der Waals surface area contributed by atoms with Gasteiger partial charge in [0, 0.05) is 30.1 Å². The van der Waals surface area contributed by atoms with Crippen LogP contribution in [-0.4, -0.2) is 61.1 Å². The molecule has 32 heavy (non-hydrogen) atoms. The lowest BCUT2D eigenvalue weighted by Gasteiger charge is -2.22. The Bertz CT molecular complexity index is 945. The van der Waals surface area contributed by atoms with E-state index in [0.717, 1.165) is 16.5 Å². The van der Waals surface area contributed by atoms with Gasteiger partial charge in [-0.25, -0.2) is 10.7 Å². The number of nitrogens with two attached hydrogens (primary N) is 2. The molecule has 1 aromatic heterocycles. The van der Waals surface area contributed by atoms with Crippen LogP contribution < -0.4 is 27.6 Å². The smallest absolute Gasteiger partial charge is 0.328 e. The second kappa shape index (κ2) is 12.3. The summed E-state index contributed by atoms with van der Waals surface area (Å²) in [6.07, 6.45) is 2.63. The molecule has 12 nitrogen and oxygen atoms in total. The van der Waals surface area contributed by atoms with E-state index in [1.54, 1.807) is 6.20 Å². The molecule has 2 amide bonds. The lowest BCUT2D eigenvalue weighted by Crippen LogP contribution is -2.53. The summed E-state index contributed by atoms with van der Waals surface area (Å²) in [5.74, 6) is 3.02. The molecule has 1 heterocycles. The number of carbonyl (C=O) groups excluding carboxylic acids is 3. The van der Waals surface area contributed by atoms with Gasteiger partial charge in [-0.05, 0) is 24.5 Å². The summed E-state index contributed by atoms with van der Waals surface area (Å²) in [4.78, 5) is 44.7. The number of nitrogens with one attached hydrogen (secondary N) is 5. The summed E-state index contributed by atoms with van der Waals surface area (Å²) >= 11 is 0. The van der Waals surface area contributed by atoms with E-state index in [1.165, 1.54) is 7.11 Å². The van der Waals surface area contributed by atoms with E-state index in [9.17, 15) is 14.4 Å². The fourth-order valence-corrected chi connectivity index (χ4v) is 3.23. The van der Waals surface area contributed by atoms with Crippen LogP contribution in [0.5, 0.6) is 0 Å². The third-order valence-corrected chi connectivity index (χ3v) is 4.75. The highest BCUT2D eigenvalue weighted by Gasteiger charge is 2.28. The summed E-state index contributed by atoms with van der Waals surface area (Å²) in [6.45, 7) is -0.0726. The van der Waals surface area contributed by atoms with Gasteiger partial charge in [0.1, 0.15) is 18.7 Å². The number of benzene rings is 1. The van der Waals surface area contributed by atoms with Gasteiger partial charge in [0.2, 0.25) is 11.8 Å². The Morgan fingerprint density at radius 2 is 1.94 bits per heavy atom. The third-order valence-electron chi connectivity index (χ3n) is 4.75. The maximum atomic E-state index is 13.0. The van der Waals surface area contributed by atoms with Crippen LogP contribution in [0, 0.1) is 5.41 Å². The molecule has 0 aliphatic heterocycles. The van der Waals surface area contributed by atoms with Crippen LogP contribution in [-0.2, 0) is 30.4 Å². The Labute approximate surface area is 184 Å². The van der Waals surface area contributed by atoms with Gasteiger partial charge in [0.15, 0.2) is 5.96 Å². The van der Waals surface area contributed by atoms with Crippen LogP contribution in [0.4, 0.5) is 0 Å². The Hall–Kier alpha value is -3.64. The number of carbonyl (C=O) groups is 3. The quantitative estimate of drug-likeness (QED) is 0.0707. The van der Waals surface area contributed by atoms with Crippen molar-refractivity contribution in [3.05, 3.63) is 36.0 Å². The summed E-state index contributed by atoms with van der Waals surface area (Å²) in [7, 11) is 1.22. The number of ether oxygens (including phenoxy) is 1. The number of para-hydroxylation sites is 1. The zero-order valence-electron chi connectivity index (χ0n) is 17.8. The molecule has 0 fully saturated rings.